The maximum atomic E-state index is 11.7. The number of nitrogens with zero attached hydrogens (tertiary/aromatic N) is 2. The molecule has 2 aromatic rings. The SMILES string of the molecule is CCOC(=O)c1cc2occc2n1CCC#N. The summed E-state index contributed by atoms with van der Waals surface area (Å²) in [6.07, 6.45) is 1.89. The quantitative estimate of drug-likeness (QED) is 0.758. The van der Waals surface area contributed by atoms with Gasteiger partial charge in [0.1, 0.15) is 5.69 Å². The van der Waals surface area contributed by atoms with E-state index in [1.807, 2.05) is 0 Å². The Morgan fingerprint density at radius 3 is 3.18 bits per heavy atom. The van der Waals surface area contributed by atoms with E-state index in [4.69, 9.17) is 14.4 Å². The predicted octanol–water partition coefficient (Wildman–Crippen LogP) is 2.32. The van der Waals surface area contributed by atoms with Gasteiger partial charge in [-0.1, -0.05) is 0 Å². The van der Waals surface area contributed by atoms with Gasteiger partial charge in [0.15, 0.2) is 5.58 Å². The molecule has 0 unspecified atom stereocenters. The van der Waals surface area contributed by atoms with Crippen molar-refractivity contribution in [2.75, 3.05) is 6.61 Å². The smallest absolute Gasteiger partial charge is 0.355 e. The molecule has 2 heterocycles. The molecular formula is C12H12N2O3. The number of carbonyl (C=O) groups is 1. The van der Waals surface area contributed by atoms with E-state index in [2.05, 4.69) is 6.07 Å². The van der Waals surface area contributed by atoms with Crippen LogP contribution in [0.1, 0.15) is 23.8 Å². The number of carbonyl (C=O) groups excluding carboxylic acids is 1. The molecule has 0 aliphatic carbocycles. The summed E-state index contributed by atoms with van der Waals surface area (Å²) in [7, 11) is 0. The average Bonchev–Trinajstić information content (AvgIpc) is 2.87. The highest BCUT2D eigenvalue weighted by molar-refractivity contribution is 5.94. The zero-order valence-corrected chi connectivity index (χ0v) is 9.47. The molecule has 0 radical (unpaired) electrons. The van der Waals surface area contributed by atoms with Crippen molar-refractivity contribution in [2.45, 2.75) is 19.9 Å². The predicted molar refractivity (Wildman–Crippen MR) is 60.4 cm³/mol. The van der Waals surface area contributed by atoms with Crippen molar-refractivity contribution in [3.8, 4) is 6.07 Å². The fraction of sp³-hybridized carbons (Fsp3) is 0.333. The first-order valence-corrected chi connectivity index (χ1v) is 5.38. The van der Waals surface area contributed by atoms with Crippen molar-refractivity contribution in [1.82, 2.24) is 4.57 Å². The van der Waals surface area contributed by atoms with Crippen LogP contribution in [0.2, 0.25) is 0 Å². The Balaban J connectivity index is 2.42. The van der Waals surface area contributed by atoms with E-state index in [0.717, 1.165) is 5.52 Å². The molecule has 0 amide bonds. The van der Waals surface area contributed by atoms with Crippen molar-refractivity contribution in [3.63, 3.8) is 0 Å². The fourth-order valence-electron chi connectivity index (χ4n) is 1.75. The molecule has 0 saturated carbocycles. The van der Waals surface area contributed by atoms with Crippen molar-refractivity contribution in [2.24, 2.45) is 0 Å². The van der Waals surface area contributed by atoms with Gasteiger partial charge < -0.3 is 13.7 Å². The number of nitriles is 1. The number of aromatic nitrogens is 1. The van der Waals surface area contributed by atoms with Crippen LogP contribution in [0.25, 0.3) is 11.1 Å². The third-order valence-electron chi connectivity index (χ3n) is 2.45. The molecule has 0 aliphatic heterocycles. The number of furan rings is 1. The van der Waals surface area contributed by atoms with Crippen LogP contribution in [0.15, 0.2) is 22.8 Å². The number of hydrogen-bond donors (Lipinski definition) is 0. The molecular weight excluding hydrogens is 220 g/mol. The van der Waals surface area contributed by atoms with Gasteiger partial charge in [0, 0.05) is 18.7 Å². The molecule has 0 aliphatic rings. The second kappa shape index (κ2) is 4.74. The lowest BCUT2D eigenvalue weighted by atomic mass is 10.4. The van der Waals surface area contributed by atoms with Gasteiger partial charge in [0.25, 0.3) is 0 Å². The van der Waals surface area contributed by atoms with E-state index in [-0.39, 0.29) is 0 Å². The van der Waals surface area contributed by atoms with Gasteiger partial charge in [-0.05, 0) is 6.92 Å². The van der Waals surface area contributed by atoms with Crippen LogP contribution >= 0.6 is 0 Å². The Hall–Kier alpha value is -2.22. The monoisotopic (exact) mass is 232 g/mol. The minimum Gasteiger partial charge on any atom is -0.463 e. The summed E-state index contributed by atoms with van der Waals surface area (Å²) in [4.78, 5) is 11.7. The lowest BCUT2D eigenvalue weighted by molar-refractivity contribution is 0.0514. The summed E-state index contributed by atoms with van der Waals surface area (Å²) in [5.74, 6) is -0.392. The molecule has 0 atom stereocenters. The minimum absolute atomic E-state index is 0.323. The Morgan fingerprint density at radius 2 is 2.47 bits per heavy atom. The van der Waals surface area contributed by atoms with Crippen LogP contribution in [0.4, 0.5) is 0 Å². The van der Waals surface area contributed by atoms with E-state index in [0.29, 0.717) is 30.8 Å². The maximum absolute atomic E-state index is 11.7. The molecule has 0 aromatic carbocycles. The van der Waals surface area contributed by atoms with Crippen molar-refractivity contribution in [1.29, 1.82) is 5.26 Å². The van der Waals surface area contributed by atoms with E-state index in [9.17, 15) is 4.79 Å². The Labute approximate surface area is 98.2 Å². The molecule has 17 heavy (non-hydrogen) atoms. The topological polar surface area (TPSA) is 68.2 Å². The van der Waals surface area contributed by atoms with Crippen LogP contribution in [-0.2, 0) is 11.3 Å². The van der Waals surface area contributed by atoms with Crippen LogP contribution in [0.5, 0.6) is 0 Å². The summed E-state index contributed by atoms with van der Waals surface area (Å²) in [5.41, 5.74) is 1.87. The molecule has 2 rings (SSSR count). The summed E-state index contributed by atoms with van der Waals surface area (Å²) in [6, 6.07) is 5.47. The molecule has 2 aromatic heterocycles. The van der Waals surface area contributed by atoms with Gasteiger partial charge in [-0.2, -0.15) is 5.26 Å². The summed E-state index contributed by atoms with van der Waals surface area (Å²) in [5, 5.41) is 8.62. The van der Waals surface area contributed by atoms with Gasteiger partial charge >= 0.3 is 5.97 Å². The first-order valence-electron chi connectivity index (χ1n) is 5.38. The van der Waals surface area contributed by atoms with Gasteiger partial charge in [0.05, 0.1) is 30.9 Å². The Morgan fingerprint density at radius 1 is 1.65 bits per heavy atom. The lowest BCUT2D eigenvalue weighted by Gasteiger charge is -2.06. The number of aryl methyl sites for hydroxylation is 1. The molecule has 0 fully saturated rings. The Kier molecular flexibility index (Phi) is 3.15. The van der Waals surface area contributed by atoms with Gasteiger partial charge in [-0.25, -0.2) is 4.79 Å². The van der Waals surface area contributed by atoms with E-state index in [1.54, 1.807) is 29.9 Å². The molecule has 0 bridgehead atoms. The highest BCUT2D eigenvalue weighted by Crippen LogP contribution is 2.22. The fourth-order valence-corrected chi connectivity index (χ4v) is 1.75. The van der Waals surface area contributed by atoms with Crippen molar-refractivity contribution in [3.05, 3.63) is 24.1 Å². The molecule has 0 N–H and O–H groups in total. The minimum atomic E-state index is -0.392. The van der Waals surface area contributed by atoms with Gasteiger partial charge in [0.2, 0.25) is 0 Å². The molecule has 0 spiro atoms. The first-order chi connectivity index (χ1) is 8.27. The van der Waals surface area contributed by atoms with Crippen LogP contribution in [-0.4, -0.2) is 17.1 Å². The van der Waals surface area contributed by atoms with Crippen LogP contribution in [0, 0.1) is 11.3 Å². The average molecular weight is 232 g/mol. The second-order valence-corrected chi connectivity index (χ2v) is 3.48. The molecule has 5 heteroatoms. The molecule has 88 valence electrons. The third-order valence-corrected chi connectivity index (χ3v) is 2.45. The normalized spacial score (nSPS) is 10.4. The zero-order valence-electron chi connectivity index (χ0n) is 9.47. The van der Waals surface area contributed by atoms with Crippen molar-refractivity contribution < 1.29 is 13.9 Å². The number of esters is 1. The van der Waals surface area contributed by atoms with E-state index >= 15 is 0 Å². The summed E-state index contributed by atoms with van der Waals surface area (Å²) < 4.78 is 11.9. The zero-order chi connectivity index (χ0) is 12.3. The number of ether oxygens (including phenoxy) is 1. The number of fused-ring (bicyclic) bond motifs is 1. The highest BCUT2D eigenvalue weighted by Gasteiger charge is 2.17. The third kappa shape index (κ3) is 2.02. The lowest BCUT2D eigenvalue weighted by Crippen LogP contribution is -2.12. The number of hydrogen-bond acceptors (Lipinski definition) is 4. The van der Waals surface area contributed by atoms with E-state index < -0.39 is 5.97 Å². The van der Waals surface area contributed by atoms with E-state index in [1.165, 1.54) is 0 Å². The summed E-state index contributed by atoms with van der Waals surface area (Å²) >= 11 is 0. The highest BCUT2D eigenvalue weighted by atomic mass is 16.5. The maximum Gasteiger partial charge on any atom is 0.355 e. The summed E-state index contributed by atoms with van der Waals surface area (Å²) in [6.45, 7) is 2.53. The molecule has 5 nitrogen and oxygen atoms in total. The molecule has 0 saturated heterocycles. The standard InChI is InChI=1S/C12H12N2O3/c1-2-16-12(15)10-8-11-9(4-7-17-11)14(10)6-3-5-13/h4,7-8H,2-3,6H2,1H3. The van der Waals surface area contributed by atoms with Gasteiger partial charge in [-0.3, -0.25) is 0 Å². The van der Waals surface area contributed by atoms with Gasteiger partial charge in [-0.15, -0.1) is 0 Å². The second-order valence-electron chi connectivity index (χ2n) is 3.48. The van der Waals surface area contributed by atoms with Crippen LogP contribution in [0.3, 0.4) is 0 Å². The van der Waals surface area contributed by atoms with Crippen molar-refractivity contribution >= 4 is 17.1 Å². The first kappa shape index (κ1) is 11.3. The Bertz CT molecular complexity index is 574. The number of rotatable bonds is 4. The van der Waals surface area contributed by atoms with Crippen LogP contribution < -0.4 is 0 Å². The largest absolute Gasteiger partial charge is 0.463 e.